The largest absolute Gasteiger partial charge is 0.494 e. The van der Waals surface area contributed by atoms with Crippen LogP contribution in [0.1, 0.15) is 0 Å². The van der Waals surface area contributed by atoms with Crippen molar-refractivity contribution in [3.8, 4) is 0 Å². The second kappa shape index (κ2) is 9.25. The Kier molecular flexibility index (Phi) is 11.5. The molecule has 0 bridgehead atoms. The lowest BCUT2D eigenvalue weighted by Gasteiger charge is -1.98. The number of thiol groups is 2. The molecule has 0 atom stereocenters. The summed E-state index contributed by atoms with van der Waals surface area (Å²) in [6.45, 7) is -0.729. The third-order valence-corrected chi connectivity index (χ3v) is 2.28. The molecule has 0 aliphatic carbocycles. The van der Waals surface area contributed by atoms with E-state index in [4.69, 9.17) is 20.2 Å². The molecule has 0 rings (SSSR count). The van der Waals surface area contributed by atoms with Crippen molar-refractivity contribution in [1.82, 2.24) is 0 Å². The molecular weight excluding hydrogens is 243 g/mol. The molecule has 0 heterocycles. The van der Waals surface area contributed by atoms with Crippen LogP contribution in [0.3, 0.4) is 0 Å². The Morgan fingerprint density at radius 1 is 1.23 bits per heavy atom. The zero-order valence-electron chi connectivity index (χ0n) is 6.35. The van der Waals surface area contributed by atoms with Gasteiger partial charge >= 0.3 is 7.82 Å². The van der Waals surface area contributed by atoms with Gasteiger partial charge in [-0.1, -0.05) is 0 Å². The Bertz CT molecular complexity index is 143. The Hall–Kier alpha value is 0.690. The second-order valence-electron chi connectivity index (χ2n) is 1.65. The third kappa shape index (κ3) is 12.7. The van der Waals surface area contributed by atoms with Gasteiger partial charge in [-0.3, -0.25) is 0 Å². The molecule has 0 radical (unpaired) electrons. The van der Waals surface area contributed by atoms with Gasteiger partial charge in [-0.15, -0.1) is 0 Å². The van der Waals surface area contributed by atoms with Gasteiger partial charge in [-0.05, 0) is 25.8 Å². The second-order valence-corrected chi connectivity index (χ2v) is 3.89. The van der Waals surface area contributed by atoms with E-state index in [1.807, 2.05) is 0 Å². The molecule has 13 heavy (non-hydrogen) atoms. The highest BCUT2D eigenvalue weighted by Crippen LogP contribution is 2.45. The van der Waals surface area contributed by atoms with E-state index in [2.05, 4.69) is 33.8 Å². The Labute approximate surface area is 86.2 Å². The van der Waals surface area contributed by atoms with Gasteiger partial charge in [0.05, 0.1) is 13.2 Å². The molecule has 7 nitrogen and oxygen atoms in total. The lowest BCUT2D eigenvalue weighted by Crippen LogP contribution is -2.15. The normalized spacial score (nSPS) is 11.0. The van der Waals surface area contributed by atoms with E-state index in [9.17, 15) is 4.57 Å². The molecule has 0 saturated carbocycles. The molecule has 10 heteroatoms. The summed E-state index contributed by atoms with van der Waals surface area (Å²) in [5.74, 6) is 0. The summed E-state index contributed by atoms with van der Waals surface area (Å²) in [4.78, 5) is 8.09. The summed E-state index contributed by atoms with van der Waals surface area (Å²) in [5, 5.41) is 24.0. The first-order valence-corrected chi connectivity index (χ1v) is 5.05. The van der Waals surface area contributed by atoms with Gasteiger partial charge in [-0.2, -0.15) is 0 Å². The minimum Gasteiger partial charge on any atom is -0.394 e. The summed E-state index contributed by atoms with van der Waals surface area (Å²) in [6, 6.07) is 0. The molecule has 0 aromatic heterocycles. The molecule has 0 amide bonds. The standard InChI is InChI=1S/C3H8O3.H3O4PS2/c4-1-3(6)2-5;1-5(2,3-6)4-7/h3-6H,1-2H2;6-7H,(H,1,2). The van der Waals surface area contributed by atoms with Gasteiger partial charge in [-0.25, -0.2) is 12.5 Å². The maximum absolute atomic E-state index is 9.91. The molecule has 0 spiro atoms. The van der Waals surface area contributed by atoms with E-state index in [-0.39, 0.29) is 13.2 Å². The zero-order valence-corrected chi connectivity index (χ0v) is 9.03. The maximum atomic E-state index is 9.91. The van der Waals surface area contributed by atoms with Crippen LogP contribution in [-0.2, 0) is 12.5 Å². The number of aliphatic hydroxyl groups is 3. The van der Waals surface area contributed by atoms with E-state index < -0.39 is 13.9 Å². The van der Waals surface area contributed by atoms with E-state index in [0.29, 0.717) is 0 Å². The van der Waals surface area contributed by atoms with Crippen LogP contribution in [0.25, 0.3) is 0 Å². The van der Waals surface area contributed by atoms with Crippen LogP contribution >= 0.6 is 33.6 Å². The monoisotopic (exact) mass is 254 g/mol. The predicted molar refractivity (Wildman–Crippen MR) is 50.1 cm³/mol. The highest BCUT2D eigenvalue weighted by Gasteiger charge is 2.16. The van der Waals surface area contributed by atoms with E-state index in [1.54, 1.807) is 0 Å². The van der Waals surface area contributed by atoms with Crippen LogP contribution in [0.15, 0.2) is 0 Å². The number of aliphatic hydroxyl groups excluding tert-OH is 3. The lowest BCUT2D eigenvalue weighted by molar-refractivity contribution is 0.0450. The minimum atomic E-state index is -3.93. The average Bonchev–Trinajstić information content (AvgIpc) is 2.17. The van der Waals surface area contributed by atoms with E-state index in [0.717, 1.165) is 0 Å². The van der Waals surface area contributed by atoms with Gasteiger partial charge < -0.3 is 20.2 Å². The van der Waals surface area contributed by atoms with Crippen LogP contribution in [0, 0.1) is 0 Å². The van der Waals surface area contributed by atoms with Gasteiger partial charge in [0.1, 0.15) is 6.10 Å². The average molecular weight is 254 g/mol. The van der Waals surface area contributed by atoms with Crippen molar-refractivity contribution in [2.24, 2.45) is 0 Å². The van der Waals surface area contributed by atoms with Crippen LogP contribution in [0.5, 0.6) is 0 Å². The molecule has 4 N–H and O–H groups in total. The van der Waals surface area contributed by atoms with Gasteiger partial charge in [0, 0.05) is 0 Å². The molecule has 0 aliphatic heterocycles. The summed E-state index contributed by atoms with van der Waals surface area (Å²) in [5.41, 5.74) is 0. The van der Waals surface area contributed by atoms with Gasteiger partial charge in [0.2, 0.25) is 0 Å². The van der Waals surface area contributed by atoms with Crippen LogP contribution in [0.2, 0.25) is 0 Å². The number of rotatable bonds is 4. The van der Waals surface area contributed by atoms with Gasteiger partial charge in [0.15, 0.2) is 0 Å². The molecule has 0 fully saturated rings. The topological polar surface area (TPSA) is 116 Å². The number of hydrogen-bond donors (Lipinski definition) is 6. The quantitative estimate of drug-likeness (QED) is 0.220. The van der Waals surface area contributed by atoms with Crippen LogP contribution in [-0.4, -0.2) is 39.5 Å². The Morgan fingerprint density at radius 3 is 1.54 bits per heavy atom. The highest BCUT2D eigenvalue weighted by atomic mass is 32.1. The van der Waals surface area contributed by atoms with E-state index >= 15 is 0 Å². The molecule has 0 aliphatic rings. The first-order valence-electron chi connectivity index (χ1n) is 2.82. The Balaban J connectivity index is 0. The fourth-order valence-corrected chi connectivity index (χ4v) is 0.460. The van der Waals surface area contributed by atoms with Crippen LogP contribution in [0.4, 0.5) is 0 Å². The molecular formula is C3H11O7PS2. The minimum absolute atomic E-state index is 0.365. The SMILES string of the molecule is O=P(O)(OS)OS.OCC(O)CO. The number of phosphoric acid groups is 1. The smallest absolute Gasteiger partial charge is 0.394 e. The lowest BCUT2D eigenvalue weighted by atomic mass is 10.4. The highest BCUT2D eigenvalue weighted by molar-refractivity contribution is 7.85. The first kappa shape index (κ1) is 16.1. The molecule has 82 valence electrons. The zero-order chi connectivity index (χ0) is 10.9. The molecule has 0 aromatic rings. The van der Waals surface area contributed by atoms with Crippen molar-refractivity contribution >= 4 is 33.6 Å². The third-order valence-electron chi connectivity index (χ3n) is 0.628. The molecule has 0 saturated heterocycles. The summed E-state index contributed by atoms with van der Waals surface area (Å²) < 4.78 is 17.1. The fraction of sp³-hybridized carbons (Fsp3) is 1.00. The van der Waals surface area contributed by atoms with Crippen molar-refractivity contribution < 1.29 is 32.7 Å². The van der Waals surface area contributed by atoms with Crippen molar-refractivity contribution in [2.45, 2.75) is 6.10 Å². The first-order chi connectivity index (χ1) is 5.93. The summed E-state index contributed by atoms with van der Waals surface area (Å²) in [7, 11) is -3.93. The maximum Gasteiger partial charge on any atom is 0.494 e. The van der Waals surface area contributed by atoms with Crippen molar-refractivity contribution in [1.29, 1.82) is 0 Å². The van der Waals surface area contributed by atoms with Crippen molar-refractivity contribution in [3.63, 3.8) is 0 Å². The van der Waals surface area contributed by atoms with Gasteiger partial charge in [0.25, 0.3) is 0 Å². The Morgan fingerprint density at radius 2 is 1.54 bits per heavy atom. The summed E-state index contributed by atoms with van der Waals surface area (Å²) in [6.07, 6.45) is -0.954. The predicted octanol–water partition coefficient (Wildman–Crippen LogP) is -0.859. The van der Waals surface area contributed by atoms with E-state index in [1.165, 1.54) is 0 Å². The number of hydrogen-bond acceptors (Lipinski definition) is 8. The molecule has 0 unspecified atom stereocenters. The fourth-order valence-electron chi connectivity index (χ4n) is 0.0726. The summed E-state index contributed by atoms with van der Waals surface area (Å²) >= 11 is 5.99. The van der Waals surface area contributed by atoms with Crippen LogP contribution < -0.4 is 0 Å². The molecule has 0 aromatic carbocycles. The van der Waals surface area contributed by atoms with Crippen molar-refractivity contribution in [2.75, 3.05) is 13.2 Å². The van der Waals surface area contributed by atoms with Crippen molar-refractivity contribution in [3.05, 3.63) is 0 Å².